The first-order valence-electron chi connectivity index (χ1n) is 10.9. The van der Waals surface area contributed by atoms with Crippen LogP contribution in [-0.2, 0) is 4.79 Å². The van der Waals surface area contributed by atoms with Gasteiger partial charge in [-0.15, -0.1) is 10.2 Å². The molecule has 33 heavy (non-hydrogen) atoms. The van der Waals surface area contributed by atoms with Gasteiger partial charge in [0.15, 0.2) is 11.0 Å². The topological polar surface area (TPSA) is 102 Å². The number of aromatic nitrogens is 4. The van der Waals surface area contributed by atoms with Crippen molar-refractivity contribution in [2.24, 2.45) is 0 Å². The van der Waals surface area contributed by atoms with Gasteiger partial charge in [-0.2, -0.15) is 0 Å². The van der Waals surface area contributed by atoms with Gasteiger partial charge in [0.05, 0.1) is 5.25 Å². The zero-order valence-corrected chi connectivity index (χ0v) is 19.0. The number of rotatable bonds is 6. The van der Waals surface area contributed by atoms with Gasteiger partial charge in [-0.25, -0.2) is 9.18 Å². The highest BCUT2D eigenvalue weighted by Crippen LogP contribution is 2.30. The number of carbonyl (C=O) groups excluding carboxylic acids is 2. The van der Waals surface area contributed by atoms with Crippen molar-refractivity contribution in [1.82, 2.24) is 30.4 Å². The summed E-state index contributed by atoms with van der Waals surface area (Å²) in [6.07, 6.45) is 8.52. The summed E-state index contributed by atoms with van der Waals surface area (Å²) in [6.45, 7) is 1.70. The Morgan fingerprint density at radius 2 is 1.76 bits per heavy atom. The summed E-state index contributed by atoms with van der Waals surface area (Å²) in [5.41, 5.74) is 1.43. The molecule has 3 amide bonds. The molecule has 2 aromatic heterocycles. The lowest BCUT2D eigenvalue weighted by Gasteiger charge is -2.23. The van der Waals surface area contributed by atoms with Crippen molar-refractivity contribution < 1.29 is 14.0 Å². The average molecular weight is 469 g/mol. The predicted octanol–water partition coefficient (Wildman–Crippen LogP) is 4.11. The van der Waals surface area contributed by atoms with E-state index < -0.39 is 17.2 Å². The second-order valence-electron chi connectivity index (χ2n) is 7.91. The van der Waals surface area contributed by atoms with E-state index >= 15 is 0 Å². The average Bonchev–Trinajstić information content (AvgIpc) is 3.24. The Hall–Kier alpha value is -3.27. The Morgan fingerprint density at radius 1 is 1.06 bits per heavy atom. The number of benzene rings is 1. The van der Waals surface area contributed by atoms with E-state index in [0.717, 1.165) is 31.2 Å². The van der Waals surface area contributed by atoms with Crippen molar-refractivity contribution >= 4 is 23.7 Å². The molecule has 1 aliphatic rings. The highest BCUT2D eigenvalue weighted by molar-refractivity contribution is 8.00. The molecule has 0 radical (unpaired) electrons. The van der Waals surface area contributed by atoms with Gasteiger partial charge < -0.3 is 5.32 Å². The number of nitrogens with one attached hydrogen (secondary N) is 2. The van der Waals surface area contributed by atoms with Crippen LogP contribution in [0.4, 0.5) is 9.18 Å². The van der Waals surface area contributed by atoms with Crippen molar-refractivity contribution in [2.75, 3.05) is 0 Å². The number of urea groups is 1. The molecule has 3 aromatic rings. The maximum absolute atomic E-state index is 13.5. The summed E-state index contributed by atoms with van der Waals surface area (Å²) in [6, 6.07) is 9.17. The molecule has 2 N–H and O–H groups in total. The molecule has 10 heteroatoms. The van der Waals surface area contributed by atoms with Crippen molar-refractivity contribution in [3.05, 3.63) is 54.6 Å². The maximum atomic E-state index is 13.5. The Morgan fingerprint density at radius 3 is 2.45 bits per heavy atom. The first kappa shape index (κ1) is 22.9. The Labute approximate surface area is 195 Å². The second-order valence-corrected chi connectivity index (χ2v) is 9.22. The van der Waals surface area contributed by atoms with Gasteiger partial charge >= 0.3 is 6.03 Å². The Balaban J connectivity index is 1.51. The summed E-state index contributed by atoms with van der Waals surface area (Å²) < 4.78 is 15.3. The van der Waals surface area contributed by atoms with Crippen LogP contribution in [0.15, 0.2) is 53.9 Å². The molecule has 1 aliphatic carbocycles. The minimum absolute atomic E-state index is 0.110. The van der Waals surface area contributed by atoms with Crippen molar-refractivity contribution in [3.8, 4) is 17.1 Å². The third kappa shape index (κ3) is 5.75. The number of carbonyl (C=O) groups is 2. The summed E-state index contributed by atoms with van der Waals surface area (Å²) in [4.78, 5) is 29.0. The summed E-state index contributed by atoms with van der Waals surface area (Å²) >= 11 is 1.17. The fourth-order valence-corrected chi connectivity index (χ4v) is 4.62. The molecule has 8 nitrogen and oxygen atoms in total. The van der Waals surface area contributed by atoms with Gasteiger partial charge in [0.1, 0.15) is 5.82 Å². The van der Waals surface area contributed by atoms with Crippen LogP contribution in [0.1, 0.15) is 39.0 Å². The fraction of sp³-hybridized carbons (Fsp3) is 0.348. The zero-order valence-electron chi connectivity index (χ0n) is 18.2. The zero-order chi connectivity index (χ0) is 23.2. The molecule has 0 aliphatic heterocycles. The number of hydrogen-bond donors (Lipinski definition) is 2. The van der Waals surface area contributed by atoms with E-state index in [4.69, 9.17) is 0 Å². The van der Waals surface area contributed by atoms with Gasteiger partial charge in [-0.3, -0.25) is 19.7 Å². The van der Waals surface area contributed by atoms with Gasteiger partial charge in [0.25, 0.3) is 0 Å². The highest BCUT2D eigenvalue weighted by atomic mass is 32.2. The molecular weight excluding hydrogens is 443 g/mol. The largest absolute Gasteiger partial charge is 0.335 e. The molecule has 1 atom stereocenters. The smallest absolute Gasteiger partial charge is 0.321 e. The van der Waals surface area contributed by atoms with Crippen LogP contribution in [-0.4, -0.2) is 43.0 Å². The second kappa shape index (κ2) is 10.6. The monoisotopic (exact) mass is 468 g/mol. The lowest BCUT2D eigenvalue weighted by Crippen LogP contribution is -2.47. The normalized spacial score (nSPS) is 15.1. The van der Waals surface area contributed by atoms with E-state index in [-0.39, 0.29) is 11.9 Å². The minimum Gasteiger partial charge on any atom is -0.335 e. The molecule has 0 bridgehead atoms. The molecule has 0 saturated heterocycles. The number of amides is 3. The summed E-state index contributed by atoms with van der Waals surface area (Å²) in [5.74, 6) is -0.246. The van der Waals surface area contributed by atoms with Gasteiger partial charge in [0, 0.05) is 29.7 Å². The molecule has 1 saturated carbocycles. The summed E-state index contributed by atoms with van der Waals surface area (Å²) in [5, 5.41) is 13.7. The van der Waals surface area contributed by atoms with Gasteiger partial charge in [0.2, 0.25) is 5.91 Å². The van der Waals surface area contributed by atoms with Crippen LogP contribution in [0.25, 0.3) is 17.1 Å². The molecule has 0 spiro atoms. The minimum atomic E-state index is -0.615. The lowest BCUT2D eigenvalue weighted by atomic mass is 9.96. The number of pyridine rings is 1. The number of imide groups is 1. The molecule has 172 valence electrons. The lowest BCUT2D eigenvalue weighted by molar-refractivity contribution is -0.119. The van der Waals surface area contributed by atoms with Crippen molar-refractivity contribution in [3.63, 3.8) is 0 Å². The molecule has 1 aromatic carbocycles. The first-order valence-corrected chi connectivity index (χ1v) is 11.8. The Kier molecular flexibility index (Phi) is 7.33. The third-order valence-corrected chi connectivity index (χ3v) is 6.53. The number of thioether (sulfide) groups is 1. The predicted molar refractivity (Wildman–Crippen MR) is 123 cm³/mol. The quantitative estimate of drug-likeness (QED) is 0.528. The van der Waals surface area contributed by atoms with E-state index in [9.17, 15) is 14.0 Å². The molecule has 2 heterocycles. The molecule has 1 unspecified atom stereocenters. The van der Waals surface area contributed by atoms with E-state index in [0.29, 0.717) is 16.7 Å². The van der Waals surface area contributed by atoms with E-state index in [1.807, 2.05) is 0 Å². The van der Waals surface area contributed by atoms with E-state index in [1.165, 1.54) is 30.3 Å². The number of hydrogen-bond acceptors (Lipinski definition) is 6. The van der Waals surface area contributed by atoms with Crippen LogP contribution in [0.5, 0.6) is 0 Å². The van der Waals surface area contributed by atoms with Crippen LogP contribution in [0.3, 0.4) is 0 Å². The van der Waals surface area contributed by atoms with E-state index in [2.05, 4.69) is 25.8 Å². The van der Waals surface area contributed by atoms with Crippen LogP contribution in [0.2, 0.25) is 0 Å². The molecule has 1 fully saturated rings. The number of halogens is 1. The van der Waals surface area contributed by atoms with Crippen molar-refractivity contribution in [1.29, 1.82) is 0 Å². The standard InChI is InChI=1S/C23H25FN6O2S/c1-15(21(31)27-22(32)26-18-5-3-2-4-6-18)33-23-29-28-20(16-11-13-25-14-12-16)30(23)19-9-7-17(24)8-10-19/h7-15,18H,2-6H2,1H3,(H2,26,27,31,32). The van der Waals surface area contributed by atoms with Gasteiger partial charge in [-0.1, -0.05) is 31.0 Å². The SMILES string of the molecule is CC(Sc1nnc(-c2ccncc2)n1-c1ccc(F)cc1)C(=O)NC(=O)NC1CCCCC1. The fourth-order valence-electron chi connectivity index (χ4n) is 3.75. The van der Waals surface area contributed by atoms with E-state index in [1.54, 1.807) is 48.1 Å². The molecule has 4 rings (SSSR count). The van der Waals surface area contributed by atoms with Crippen LogP contribution < -0.4 is 10.6 Å². The molecular formula is C23H25FN6O2S. The summed E-state index contributed by atoms with van der Waals surface area (Å²) in [7, 11) is 0. The third-order valence-electron chi connectivity index (χ3n) is 5.49. The maximum Gasteiger partial charge on any atom is 0.321 e. The van der Waals surface area contributed by atoms with Gasteiger partial charge in [-0.05, 0) is 56.2 Å². The van der Waals surface area contributed by atoms with Crippen LogP contribution in [0, 0.1) is 5.82 Å². The Bertz CT molecular complexity index is 1100. The first-order chi connectivity index (χ1) is 16.0. The number of nitrogens with zero attached hydrogens (tertiary/aromatic N) is 4. The van der Waals surface area contributed by atoms with Crippen molar-refractivity contribution in [2.45, 2.75) is 55.5 Å². The van der Waals surface area contributed by atoms with Crippen LogP contribution >= 0.6 is 11.8 Å². The highest BCUT2D eigenvalue weighted by Gasteiger charge is 2.24.